The van der Waals surface area contributed by atoms with Gasteiger partial charge in [-0.15, -0.1) is 10.2 Å². The first-order valence-corrected chi connectivity index (χ1v) is 6.17. The molecule has 0 bridgehead atoms. The van der Waals surface area contributed by atoms with Gasteiger partial charge >= 0.3 is 0 Å². The SMILES string of the molecule is N#Cc1cc(NC(=O)c2nnc(Cl)s2)ccc1Cl. The van der Waals surface area contributed by atoms with Gasteiger partial charge in [0.05, 0.1) is 10.6 Å². The number of hydrogen-bond acceptors (Lipinski definition) is 5. The van der Waals surface area contributed by atoms with E-state index in [0.717, 1.165) is 11.3 Å². The number of hydrogen-bond donors (Lipinski definition) is 1. The molecule has 0 saturated heterocycles. The van der Waals surface area contributed by atoms with Gasteiger partial charge in [-0.3, -0.25) is 4.79 Å². The second-order valence-corrected chi connectivity index (χ2v) is 5.09. The van der Waals surface area contributed by atoms with Gasteiger partial charge in [0, 0.05) is 5.69 Å². The molecule has 90 valence electrons. The maximum Gasteiger partial charge on any atom is 0.286 e. The minimum absolute atomic E-state index is 0.147. The van der Waals surface area contributed by atoms with Crippen molar-refractivity contribution in [3.8, 4) is 6.07 Å². The Labute approximate surface area is 116 Å². The van der Waals surface area contributed by atoms with E-state index in [2.05, 4.69) is 15.5 Å². The molecular weight excluding hydrogens is 295 g/mol. The molecule has 0 fully saturated rings. The number of halogens is 2. The summed E-state index contributed by atoms with van der Waals surface area (Å²) in [5.41, 5.74) is 0.733. The van der Waals surface area contributed by atoms with Crippen LogP contribution in [-0.2, 0) is 0 Å². The number of nitrogens with one attached hydrogen (secondary N) is 1. The largest absolute Gasteiger partial charge is 0.320 e. The predicted octanol–water partition coefficient (Wildman–Crippen LogP) is 2.97. The normalized spacial score (nSPS) is 9.83. The first-order chi connectivity index (χ1) is 8.60. The molecular formula is C10H4Cl2N4OS. The zero-order chi connectivity index (χ0) is 13.1. The molecule has 1 heterocycles. The van der Waals surface area contributed by atoms with Gasteiger partial charge in [-0.25, -0.2) is 0 Å². The molecule has 2 aromatic rings. The van der Waals surface area contributed by atoms with Crippen LogP contribution in [0.2, 0.25) is 9.49 Å². The van der Waals surface area contributed by atoms with E-state index in [-0.39, 0.29) is 15.0 Å². The van der Waals surface area contributed by atoms with Crippen molar-refractivity contribution in [3.05, 3.63) is 38.3 Å². The van der Waals surface area contributed by atoms with Crippen molar-refractivity contribution in [2.24, 2.45) is 0 Å². The summed E-state index contributed by atoms with van der Waals surface area (Å²) < 4.78 is 0.189. The summed E-state index contributed by atoms with van der Waals surface area (Å²) in [6.07, 6.45) is 0. The van der Waals surface area contributed by atoms with Crippen LogP contribution < -0.4 is 5.32 Å². The van der Waals surface area contributed by atoms with E-state index in [0.29, 0.717) is 10.7 Å². The van der Waals surface area contributed by atoms with Gasteiger partial charge in [-0.05, 0) is 29.8 Å². The van der Waals surface area contributed by atoms with Crippen LogP contribution in [-0.4, -0.2) is 16.1 Å². The third kappa shape index (κ3) is 2.76. The van der Waals surface area contributed by atoms with Crippen LogP contribution in [0.3, 0.4) is 0 Å². The van der Waals surface area contributed by atoms with E-state index >= 15 is 0 Å². The highest BCUT2D eigenvalue weighted by molar-refractivity contribution is 7.17. The van der Waals surface area contributed by atoms with Crippen LogP contribution in [0.1, 0.15) is 15.4 Å². The van der Waals surface area contributed by atoms with Crippen LogP contribution in [0.5, 0.6) is 0 Å². The molecule has 0 unspecified atom stereocenters. The molecule has 0 saturated carbocycles. The number of nitriles is 1. The van der Waals surface area contributed by atoms with Crippen LogP contribution in [0.25, 0.3) is 0 Å². The second kappa shape index (κ2) is 5.31. The fraction of sp³-hybridized carbons (Fsp3) is 0. The summed E-state index contributed by atoms with van der Waals surface area (Å²) in [5.74, 6) is -0.439. The number of carbonyl (C=O) groups is 1. The molecule has 0 spiro atoms. The van der Waals surface area contributed by atoms with Crippen molar-refractivity contribution in [1.82, 2.24) is 10.2 Å². The van der Waals surface area contributed by atoms with Crippen molar-refractivity contribution in [2.75, 3.05) is 5.32 Å². The summed E-state index contributed by atoms with van der Waals surface area (Å²) >= 11 is 12.3. The van der Waals surface area contributed by atoms with E-state index < -0.39 is 5.91 Å². The molecule has 0 aliphatic heterocycles. The number of aromatic nitrogens is 2. The molecule has 0 atom stereocenters. The Hall–Kier alpha value is -1.68. The number of benzene rings is 1. The molecule has 1 amide bonds. The van der Waals surface area contributed by atoms with Gasteiger partial charge in [0.15, 0.2) is 0 Å². The fourth-order valence-corrected chi connectivity index (χ4v) is 2.05. The standard InChI is InChI=1S/C10H4Cl2N4OS/c11-7-2-1-6(3-5(7)4-13)14-8(17)9-15-16-10(12)18-9/h1-3H,(H,14,17). The van der Waals surface area contributed by atoms with Crippen molar-refractivity contribution in [3.63, 3.8) is 0 Å². The van der Waals surface area contributed by atoms with Crippen molar-refractivity contribution in [1.29, 1.82) is 5.26 Å². The lowest BCUT2D eigenvalue weighted by Gasteiger charge is -2.03. The molecule has 5 nitrogen and oxygen atoms in total. The third-order valence-corrected chi connectivity index (χ3v) is 3.29. The van der Waals surface area contributed by atoms with E-state index in [1.165, 1.54) is 12.1 Å². The molecule has 0 radical (unpaired) electrons. The smallest absolute Gasteiger partial charge is 0.286 e. The van der Waals surface area contributed by atoms with Gasteiger partial charge in [0.2, 0.25) is 9.47 Å². The molecule has 0 aliphatic carbocycles. The van der Waals surface area contributed by atoms with Crippen LogP contribution in [0, 0.1) is 11.3 Å². The van der Waals surface area contributed by atoms with E-state index in [1.54, 1.807) is 6.07 Å². The van der Waals surface area contributed by atoms with E-state index in [1.807, 2.05) is 6.07 Å². The van der Waals surface area contributed by atoms with Gasteiger partial charge in [-0.1, -0.05) is 22.9 Å². The molecule has 8 heteroatoms. The minimum atomic E-state index is -0.439. The number of nitrogens with zero attached hydrogens (tertiary/aromatic N) is 3. The number of amides is 1. The van der Waals surface area contributed by atoms with Crippen molar-refractivity contribution in [2.45, 2.75) is 0 Å². The first kappa shape index (κ1) is 12.8. The lowest BCUT2D eigenvalue weighted by molar-refractivity contribution is 0.102. The fourth-order valence-electron chi connectivity index (χ4n) is 1.17. The summed E-state index contributed by atoms with van der Waals surface area (Å²) in [6, 6.07) is 6.52. The predicted molar refractivity (Wildman–Crippen MR) is 69.0 cm³/mol. The van der Waals surface area contributed by atoms with Crippen molar-refractivity contribution >= 4 is 46.1 Å². The Kier molecular flexibility index (Phi) is 3.77. The Balaban J connectivity index is 2.20. The Morgan fingerprint density at radius 1 is 1.39 bits per heavy atom. The average Bonchev–Trinajstić information content (AvgIpc) is 2.78. The first-order valence-electron chi connectivity index (χ1n) is 4.60. The quantitative estimate of drug-likeness (QED) is 0.924. The second-order valence-electron chi connectivity index (χ2n) is 3.12. The summed E-state index contributed by atoms with van der Waals surface area (Å²) in [7, 11) is 0. The Bertz CT molecular complexity index is 650. The summed E-state index contributed by atoms with van der Waals surface area (Å²) in [4.78, 5) is 11.7. The van der Waals surface area contributed by atoms with Crippen LogP contribution in [0.4, 0.5) is 5.69 Å². The summed E-state index contributed by atoms with van der Waals surface area (Å²) in [6.45, 7) is 0. The Morgan fingerprint density at radius 3 is 2.78 bits per heavy atom. The topological polar surface area (TPSA) is 78.7 Å². The molecule has 1 aromatic heterocycles. The van der Waals surface area contributed by atoms with Crippen LogP contribution >= 0.6 is 34.5 Å². The molecule has 18 heavy (non-hydrogen) atoms. The summed E-state index contributed by atoms with van der Waals surface area (Å²) in [5, 5.41) is 19.0. The zero-order valence-corrected chi connectivity index (χ0v) is 11.0. The van der Waals surface area contributed by atoms with E-state index in [9.17, 15) is 4.79 Å². The molecule has 1 N–H and O–H groups in total. The monoisotopic (exact) mass is 298 g/mol. The Morgan fingerprint density at radius 2 is 2.17 bits per heavy atom. The number of anilines is 1. The highest BCUT2D eigenvalue weighted by atomic mass is 35.5. The van der Waals surface area contributed by atoms with Gasteiger partial charge in [-0.2, -0.15) is 5.26 Å². The lowest BCUT2D eigenvalue weighted by Crippen LogP contribution is -2.11. The third-order valence-electron chi connectivity index (χ3n) is 1.94. The highest BCUT2D eigenvalue weighted by Crippen LogP contribution is 2.21. The van der Waals surface area contributed by atoms with Gasteiger partial charge in [0.1, 0.15) is 6.07 Å². The number of carbonyl (C=O) groups excluding carboxylic acids is 1. The number of rotatable bonds is 2. The maximum atomic E-state index is 11.7. The van der Waals surface area contributed by atoms with Crippen molar-refractivity contribution < 1.29 is 4.79 Å². The van der Waals surface area contributed by atoms with Gasteiger partial charge in [0.25, 0.3) is 5.91 Å². The lowest BCUT2D eigenvalue weighted by atomic mass is 10.2. The van der Waals surface area contributed by atoms with Crippen LogP contribution in [0.15, 0.2) is 18.2 Å². The molecule has 2 rings (SSSR count). The minimum Gasteiger partial charge on any atom is -0.320 e. The highest BCUT2D eigenvalue weighted by Gasteiger charge is 2.12. The molecule has 0 aliphatic rings. The zero-order valence-electron chi connectivity index (χ0n) is 8.65. The molecule has 1 aromatic carbocycles. The van der Waals surface area contributed by atoms with Gasteiger partial charge < -0.3 is 5.32 Å². The maximum absolute atomic E-state index is 11.7. The average molecular weight is 299 g/mol. The van der Waals surface area contributed by atoms with E-state index in [4.69, 9.17) is 28.5 Å².